The molecule has 2 aromatic rings. The number of nitrogens with one attached hydrogen (secondary N) is 1. The first-order valence-electron chi connectivity index (χ1n) is 8.85. The molecule has 0 bridgehead atoms. The molecular weight excluding hydrogens is 382 g/mol. The number of aliphatic hydroxyl groups is 1. The van der Waals surface area contributed by atoms with Crippen LogP contribution in [-0.4, -0.2) is 44.5 Å². The summed E-state index contributed by atoms with van der Waals surface area (Å²) in [5.74, 6) is 0.806. The van der Waals surface area contributed by atoms with Crippen LogP contribution in [0.25, 0.3) is 6.08 Å². The first-order chi connectivity index (χ1) is 13.5. The summed E-state index contributed by atoms with van der Waals surface area (Å²) in [7, 11) is 1.32. The van der Waals surface area contributed by atoms with Gasteiger partial charge >= 0.3 is 5.97 Å². The van der Waals surface area contributed by atoms with Gasteiger partial charge in [0.2, 0.25) is 0 Å². The first-order valence-corrected chi connectivity index (χ1v) is 9.23. The Kier molecular flexibility index (Phi) is 6.92. The molecule has 1 aliphatic rings. The van der Waals surface area contributed by atoms with Crippen molar-refractivity contribution in [1.82, 2.24) is 5.32 Å². The molecule has 2 N–H and O–H groups in total. The SMILES string of the molecule is COC(=O)COc1ccc2c(c1)OCC(CNCC(O)c1cccc(Cl)c1)=C2. The molecule has 0 saturated carbocycles. The second kappa shape index (κ2) is 9.59. The van der Waals surface area contributed by atoms with Crippen LogP contribution in [0, 0.1) is 0 Å². The quantitative estimate of drug-likeness (QED) is 0.660. The molecule has 1 atom stereocenters. The Balaban J connectivity index is 1.53. The summed E-state index contributed by atoms with van der Waals surface area (Å²) in [4.78, 5) is 11.2. The molecule has 1 unspecified atom stereocenters. The number of ether oxygens (including phenoxy) is 3. The van der Waals surface area contributed by atoms with Crippen molar-refractivity contribution in [2.24, 2.45) is 0 Å². The zero-order valence-electron chi connectivity index (χ0n) is 15.5. The lowest BCUT2D eigenvalue weighted by Crippen LogP contribution is -2.26. The van der Waals surface area contributed by atoms with Crippen molar-refractivity contribution >= 4 is 23.6 Å². The molecule has 0 aliphatic carbocycles. The van der Waals surface area contributed by atoms with Crippen LogP contribution in [0.1, 0.15) is 17.2 Å². The van der Waals surface area contributed by atoms with E-state index in [9.17, 15) is 9.90 Å². The van der Waals surface area contributed by atoms with Crippen molar-refractivity contribution < 1.29 is 24.1 Å². The molecule has 1 aliphatic heterocycles. The third kappa shape index (κ3) is 5.48. The van der Waals surface area contributed by atoms with E-state index >= 15 is 0 Å². The predicted molar refractivity (Wildman–Crippen MR) is 107 cm³/mol. The topological polar surface area (TPSA) is 77.0 Å². The van der Waals surface area contributed by atoms with E-state index in [1.54, 1.807) is 24.3 Å². The summed E-state index contributed by atoms with van der Waals surface area (Å²) in [6, 6.07) is 12.6. The fourth-order valence-electron chi connectivity index (χ4n) is 2.79. The van der Waals surface area contributed by atoms with Crippen molar-refractivity contribution in [3.8, 4) is 11.5 Å². The summed E-state index contributed by atoms with van der Waals surface area (Å²) in [6.07, 6.45) is 1.41. The minimum Gasteiger partial charge on any atom is -0.488 e. The van der Waals surface area contributed by atoms with Gasteiger partial charge in [-0.15, -0.1) is 0 Å². The second-order valence-corrected chi connectivity index (χ2v) is 6.79. The summed E-state index contributed by atoms with van der Waals surface area (Å²) in [6.45, 7) is 1.30. The number of esters is 1. The van der Waals surface area contributed by atoms with E-state index in [0.29, 0.717) is 36.2 Å². The molecule has 3 rings (SSSR count). The molecule has 0 saturated heterocycles. The van der Waals surface area contributed by atoms with Gasteiger partial charge in [-0.2, -0.15) is 0 Å². The van der Waals surface area contributed by atoms with Crippen LogP contribution < -0.4 is 14.8 Å². The van der Waals surface area contributed by atoms with Gasteiger partial charge in [-0.25, -0.2) is 4.79 Å². The number of carbonyl (C=O) groups excluding carboxylic acids is 1. The summed E-state index contributed by atoms with van der Waals surface area (Å²) >= 11 is 5.96. The van der Waals surface area contributed by atoms with Gasteiger partial charge in [0.05, 0.1) is 13.2 Å². The fraction of sp³-hybridized carbons (Fsp3) is 0.286. The molecular formula is C21H22ClNO5. The normalized spacial score (nSPS) is 13.8. The molecule has 7 heteroatoms. The number of rotatable bonds is 8. The van der Waals surface area contributed by atoms with Crippen LogP contribution in [0.5, 0.6) is 11.5 Å². The van der Waals surface area contributed by atoms with E-state index in [1.165, 1.54) is 7.11 Å². The van der Waals surface area contributed by atoms with E-state index in [0.717, 1.165) is 16.7 Å². The van der Waals surface area contributed by atoms with Gasteiger partial charge in [0.25, 0.3) is 0 Å². The van der Waals surface area contributed by atoms with Gasteiger partial charge < -0.3 is 24.6 Å². The van der Waals surface area contributed by atoms with Gasteiger partial charge in [0, 0.05) is 29.7 Å². The zero-order chi connectivity index (χ0) is 19.9. The summed E-state index contributed by atoms with van der Waals surface area (Å²) in [5.41, 5.74) is 2.77. The van der Waals surface area contributed by atoms with Crippen molar-refractivity contribution in [1.29, 1.82) is 0 Å². The van der Waals surface area contributed by atoms with Gasteiger partial charge in [-0.05, 0) is 41.5 Å². The lowest BCUT2D eigenvalue weighted by atomic mass is 10.1. The van der Waals surface area contributed by atoms with Crippen LogP contribution >= 0.6 is 11.6 Å². The third-order valence-corrected chi connectivity index (χ3v) is 4.50. The Bertz CT molecular complexity index is 868. The Labute approximate surface area is 168 Å². The Hall–Kier alpha value is -2.54. The first kappa shape index (κ1) is 20.2. The number of carbonyl (C=O) groups is 1. The number of aliphatic hydroxyl groups excluding tert-OH is 1. The molecule has 0 spiro atoms. The zero-order valence-corrected chi connectivity index (χ0v) is 16.2. The van der Waals surface area contributed by atoms with Crippen LogP contribution in [0.2, 0.25) is 5.02 Å². The fourth-order valence-corrected chi connectivity index (χ4v) is 2.98. The maximum Gasteiger partial charge on any atom is 0.343 e. The average Bonchev–Trinajstić information content (AvgIpc) is 2.71. The Morgan fingerprint density at radius 1 is 1.32 bits per heavy atom. The smallest absolute Gasteiger partial charge is 0.343 e. The number of hydrogen-bond donors (Lipinski definition) is 2. The van der Waals surface area contributed by atoms with E-state index in [4.69, 9.17) is 21.1 Å². The van der Waals surface area contributed by atoms with Crippen molar-refractivity contribution in [3.05, 3.63) is 64.2 Å². The molecule has 0 fully saturated rings. The largest absolute Gasteiger partial charge is 0.488 e. The molecule has 1 heterocycles. The van der Waals surface area contributed by atoms with E-state index < -0.39 is 12.1 Å². The van der Waals surface area contributed by atoms with E-state index in [2.05, 4.69) is 10.1 Å². The average molecular weight is 404 g/mol. The highest BCUT2D eigenvalue weighted by molar-refractivity contribution is 6.30. The highest BCUT2D eigenvalue weighted by atomic mass is 35.5. The lowest BCUT2D eigenvalue weighted by Gasteiger charge is -2.20. The van der Waals surface area contributed by atoms with Crippen molar-refractivity contribution in [2.75, 3.05) is 33.4 Å². The lowest BCUT2D eigenvalue weighted by molar-refractivity contribution is -0.142. The van der Waals surface area contributed by atoms with Gasteiger partial charge in [-0.3, -0.25) is 0 Å². The van der Waals surface area contributed by atoms with E-state index in [1.807, 2.05) is 24.3 Å². The highest BCUT2D eigenvalue weighted by Crippen LogP contribution is 2.30. The molecule has 0 amide bonds. The van der Waals surface area contributed by atoms with Gasteiger partial charge in [0.1, 0.15) is 18.1 Å². The molecule has 6 nitrogen and oxygen atoms in total. The van der Waals surface area contributed by atoms with Crippen molar-refractivity contribution in [2.45, 2.75) is 6.10 Å². The number of hydrogen-bond acceptors (Lipinski definition) is 6. The maximum atomic E-state index is 11.2. The molecule has 148 valence electrons. The second-order valence-electron chi connectivity index (χ2n) is 6.36. The minimum absolute atomic E-state index is 0.144. The number of halogens is 1. The Morgan fingerprint density at radius 2 is 2.18 bits per heavy atom. The van der Waals surface area contributed by atoms with Crippen molar-refractivity contribution in [3.63, 3.8) is 0 Å². The molecule has 0 radical (unpaired) electrons. The number of benzene rings is 2. The number of fused-ring (bicyclic) bond motifs is 1. The predicted octanol–water partition coefficient (Wildman–Crippen LogP) is 2.99. The van der Waals surface area contributed by atoms with Crippen LogP contribution in [0.4, 0.5) is 0 Å². The molecule has 0 aromatic heterocycles. The number of methoxy groups -OCH3 is 1. The standard InChI is InChI=1S/C21H22ClNO5/c1-26-21(25)13-27-18-6-5-16-7-14(12-28-20(16)9-18)10-23-11-19(24)15-3-2-4-17(22)8-15/h2-9,19,23-24H,10-13H2,1H3. The van der Waals surface area contributed by atoms with Crippen LogP contribution in [0.15, 0.2) is 48.0 Å². The molecule has 28 heavy (non-hydrogen) atoms. The summed E-state index contributed by atoms with van der Waals surface area (Å²) < 4.78 is 15.7. The monoisotopic (exact) mass is 403 g/mol. The van der Waals surface area contributed by atoms with Crippen LogP contribution in [-0.2, 0) is 9.53 Å². The van der Waals surface area contributed by atoms with Crippen LogP contribution in [0.3, 0.4) is 0 Å². The maximum absolute atomic E-state index is 11.2. The van der Waals surface area contributed by atoms with Gasteiger partial charge in [0.15, 0.2) is 6.61 Å². The third-order valence-electron chi connectivity index (χ3n) is 4.27. The minimum atomic E-state index is -0.634. The summed E-state index contributed by atoms with van der Waals surface area (Å²) in [5, 5.41) is 14.1. The molecule has 2 aromatic carbocycles. The van der Waals surface area contributed by atoms with Gasteiger partial charge in [-0.1, -0.05) is 23.7 Å². The van der Waals surface area contributed by atoms with E-state index in [-0.39, 0.29) is 6.61 Å². The highest BCUT2D eigenvalue weighted by Gasteiger charge is 2.14. The Morgan fingerprint density at radius 3 is 2.96 bits per heavy atom.